The van der Waals surface area contributed by atoms with Gasteiger partial charge in [-0.25, -0.2) is 12.7 Å². The minimum atomic E-state index is -3.24. The molecule has 0 aromatic carbocycles. The molecule has 0 saturated carbocycles. The van der Waals surface area contributed by atoms with Gasteiger partial charge in [-0.05, 0) is 25.0 Å². The number of piperidine rings is 1. The molecule has 2 aliphatic heterocycles. The van der Waals surface area contributed by atoms with Gasteiger partial charge in [-0.1, -0.05) is 0 Å². The van der Waals surface area contributed by atoms with Crippen molar-refractivity contribution < 1.29 is 22.4 Å². The minimum Gasteiger partial charge on any atom is -0.467 e. The van der Waals surface area contributed by atoms with Gasteiger partial charge < -0.3 is 14.5 Å². The van der Waals surface area contributed by atoms with E-state index < -0.39 is 10.0 Å². The fourth-order valence-corrected chi connectivity index (χ4v) is 4.31. The molecule has 3 rings (SSSR count). The molecule has 2 saturated heterocycles. The molecule has 7 nitrogen and oxygen atoms in total. The van der Waals surface area contributed by atoms with Crippen LogP contribution in [0.1, 0.15) is 18.6 Å². The van der Waals surface area contributed by atoms with Crippen molar-refractivity contribution in [3.05, 3.63) is 24.2 Å². The Morgan fingerprint density at radius 1 is 1.43 bits per heavy atom. The van der Waals surface area contributed by atoms with Crippen LogP contribution in [0.5, 0.6) is 0 Å². The highest BCUT2D eigenvalue weighted by Gasteiger charge is 2.43. The standard InChI is InChI=1S/C15H22N2O5S/c1-23(19,20)17-6-4-14-13(10-17)12(5-8-22-14)15(18)16-9-11-3-2-7-21-11/h2-3,7,12-14H,4-6,8-10H2,1H3,(H,16,18)/t12-,13+,14-/m0/s1. The van der Waals surface area contributed by atoms with Crippen LogP contribution in [-0.4, -0.2) is 50.7 Å². The van der Waals surface area contributed by atoms with Crippen LogP contribution in [0.25, 0.3) is 0 Å². The van der Waals surface area contributed by atoms with Crippen molar-refractivity contribution in [2.45, 2.75) is 25.5 Å². The van der Waals surface area contributed by atoms with E-state index in [2.05, 4.69) is 5.32 Å². The largest absolute Gasteiger partial charge is 0.467 e. The molecular formula is C15H22N2O5S. The molecule has 3 heterocycles. The summed E-state index contributed by atoms with van der Waals surface area (Å²) in [6.45, 7) is 1.69. The van der Waals surface area contributed by atoms with E-state index in [1.54, 1.807) is 18.4 Å². The second-order valence-corrected chi connectivity index (χ2v) is 8.16. The molecule has 1 amide bonds. The zero-order chi connectivity index (χ0) is 16.4. The van der Waals surface area contributed by atoms with Crippen molar-refractivity contribution in [2.24, 2.45) is 11.8 Å². The second-order valence-electron chi connectivity index (χ2n) is 6.18. The molecule has 0 aliphatic carbocycles. The quantitative estimate of drug-likeness (QED) is 0.865. The van der Waals surface area contributed by atoms with Gasteiger partial charge in [-0.15, -0.1) is 0 Å². The summed E-state index contributed by atoms with van der Waals surface area (Å²) in [4.78, 5) is 12.5. The molecule has 1 aromatic heterocycles. The highest BCUT2D eigenvalue weighted by molar-refractivity contribution is 7.88. The molecule has 0 radical (unpaired) electrons. The number of fused-ring (bicyclic) bond motifs is 1. The SMILES string of the molecule is CS(=O)(=O)N1CC[C@@H]2OCC[C@H](C(=O)NCc3ccco3)[C@H]2C1. The van der Waals surface area contributed by atoms with Gasteiger partial charge >= 0.3 is 0 Å². The molecule has 0 unspecified atom stereocenters. The number of hydrogen-bond acceptors (Lipinski definition) is 5. The van der Waals surface area contributed by atoms with Crippen molar-refractivity contribution in [2.75, 3.05) is 26.0 Å². The zero-order valence-corrected chi connectivity index (χ0v) is 13.9. The van der Waals surface area contributed by atoms with E-state index >= 15 is 0 Å². The van der Waals surface area contributed by atoms with Gasteiger partial charge in [0.15, 0.2) is 0 Å². The first-order valence-electron chi connectivity index (χ1n) is 7.82. The summed E-state index contributed by atoms with van der Waals surface area (Å²) in [6.07, 6.45) is 3.99. The Hall–Kier alpha value is -1.38. The summed E-state index contributed by atoms with van der Waals surface area (Å²) < 4.78 is 36.0. The third-order valence-corrected chi connectivity index (χ3v) is 5.93. The maximum absolute atomic E-state index is 12.5. The highest BCUT2D eigenvalue weighted by atomic mass is 32.2. The minimum absolute atomic E-state index is 0.0406. The average molecular weight is 342 g/mol. The number of amides is 1. The summed E-state index contributed by atoms with van der Waals surface area (Å²) in [7, 11) is -3.24. The van der Waals surface area contributed by atoms with Gasteiger partial charge in [0.2, 0.25) is 15.9 Å². The third kappa shape index (κ3) is 3.76. The van der Waals surface area contributed by atoms with Crippen LogP contribution in [0.2, 0.25) is 0 Å². The number of sulfonamides is 1. The van der Waals surface area contributed by atoms with E-state index in [9.17, 15) is 13.2 Å². The lowest BCUT2D eigenvalue weighted by Crippen LogP contribution is -2.54. The van der Waals surface area contributed by atoms with Crippen LogP contribution in [0.4, 0.5) is 0 Å². The molecule has 23 heavy (non-hydrogen) atoms. The summed E-state index contributed by atoms with van der Waals surface area (Å²) in [5.74, 6) is 0.315. The van der Waals surface area contributed by atoms with Crippen LogP contribution in [0.15, 0.2) is 22.8 Å². The predicted molar refractivity (Wildman–Crippen MR) is 82.9 cm³/mol. The third-order valence-electron chi connectivity index (χ3n) is 4.66. The molecule has 2 aliphatic rings. The molecule has 2 fully saturated rings. The lowest BCUT2D eigenvalue weighted by molar-refractivity contribution is -0.139. The maximum atomic E-state index is 12.5. The molecule has 3 atom stereocenters. The number of carbonyl (C=O) groups excluding carboxylic acids is 1. The summed E-state index contributed by atoms with van der Waals surface area (Å²) in [5.41, 5.74) is 0. The molecule has 1 N–H and O–H groups in total. The number of hydrogen-bond donors (Lipinski definition) is 1. The number of nitrogens with zero attached hydrogens (tertiary/aromatic N) is 1. The second kappa shape index (κ2) is 6.62. The van der Waals surface area contributed by atoms with Crippen molar-refractivity contribution in [3.8, 4) is 0 Å². The van der Waals surface area contributed by atoms with Gasteiger partial charge in [0, 0.05) is 31.5 Å². The van der Waals surface area contributed by atoms with Crippen LogP contribution in [-0.2, 0) is 26.1 Å². The fraction of sp³-hybridized carbons (Fsp3) is 0.667. The Morgan fingerprint density at radius 2 is 2.26 bits per heavy atom. The van der Waals surface area contributed by atoms with Gasteiger partial charge in [0.1, 0.15) is 5.76 Å². The van der Waals surface area contributed by atoms with E-state index in [1.807, 2.05) is 0 Å². The Morgan fingerprint density at radius 3 is 2.96 bits per heavy atom. The van der Waals surface area contributed by atoms with Gasteiger partial charge in [0.25, 0.3) is 0 Å². The van der Waals surface area contributed by atoms with E-state index in [0.29, 0.717) is 44.8 Å². The van der Waals surface area contributed by atoms with Gasteiger partial charge in [-0.2, -0.15) is 0 Å². The van der Waals surface area contributed by atoms with Crippen molar-refractivity contribution in [1.82, 2.24) is 9.62 Å². The van der Waals surface area contributed by atoms with Crippen LogP contribution in [0, 0.1) is 11.8 Å². The first-order valence-corrected chi connectivity index (χ1v) is 9.67. The number of nitrogens with one attached hydrogen (secondary N) is 1. The predicted octanol–water partition coefficient (Wildman–Crippen LogP) is 0.582. The Bertz CT molecular complexity index is 643. The highest BCUT2D eigenvalue weighted by Crippen LogP contribution is 2.34. The molecule has 1 aromatic rings. The molecule has 128 valence electrons. The Balaban J connectivity index is 1.66. The average Bonchev–Trinajstić information content (AvgIpc) is 3.04. The number of carbonyl (C=O) groups is 1. The monoisotopic (exact) mass is 342 g/mol. The first-order chi connectivity index (χ1) is 10.9. The van der Waals surface area contributed by atoms with E-state index in [4.69, 9.17) is 9.15 Å². The lowest BCUT2D eigenvalue weighted by atomic mass is 9.79. The van der Waals surface area contributed by atoms with Gasteiger partial charge in [0.05, 0.1) is 25.2 Å². The number of furan rings is 1. The molecular weight excluding hydrogens is 320 g/mol. The molecule has 8 heteroatoms. The maximum Gasteiger partial charge on any atom is 0.224 e. The topological polar surface area (TPSA) is 88.8 Å². The fourth-order valence-electron chi connectivity index (χ4n) is 3.43. The molecule has 0 bridgehead atoms. The van der Waals surface area contributed by atoms with Crippen molar-refractivity contribution >= 4 is 15.9 Å². The lowest BCUT2D eigenvalue weighted by Gasteiger charge is -2.43. The van der Waals surface area contributed by atoms with Crippen molar-refractivity contribution in [1.29, 1.82) is 0 Å². The van der Waals surface area contributed by atoms with Crippen molar-refractivity contribution in [3.63, 3.8) is 0 Å². The van der Waals surface area contributed by atoms with E-state index in [0.717, 1.165) is 0 Å². The number of rotatable bonds is 4. The normalized spacial score (nSPS) is 29.0. The summed E-state index contributed by atoms with van der Waals surface area (Å²) in [5, 5.41) is 2.89. The summed E-state index contributed by atoms with van der Waals surface area (Å²) in [6, 6.07) is 3.58. The van der Waals surface area contributed by atoms with E-state index in [1.165, 1.54) is 10.6 Å². The Labute approximate surface area is 136 Å². The zero-order valence-electron chi connectivity index (χ0n) is 13.1. The van der Waals surface area contributed by atoms with Crippen LogP contribution >= 0.6 is 0 Å². The van der Waals surface area contributed by atoms with Gasteiger partial charge in [-0.3, -0.25) is 4.79 Å². The molecule has 0 spiro atoms. The summed E-state index contributed by atoms with van der Waals surface area (Å²) >= 11 is 0. The number of ether oxygens (including phenoxy) is 1. The van der Waals surface area contributed by atoms with E-state index in [-0.39, 0.29) is 23.8 Å². The van der Waals surface area contributed by atoms with Crippen LogP contribution in [0.3, 0.4) is 0 Å². The first kappa shape index (κ1) is 16.5. The van der Waals surface area contributed by atoms with Crippen LogP contribution < -0.4 is 5.32 Å². The Kier molecular flexibility index (Phi) is 4.74. The smallest absolute Gasteiger partial charge is 0.224 e.